The molecule has 1 heterocycles. The van der Waals surface area contributed by atoms with Crippen molar-refractivity contribution < 1.29 is 40.6 Å². The van der Waals surface area contributed by atoms with Crippen LogP contribution in [0.1, 0.15) is 82.6 Å². The minimum Gasteiger partial charge on any atom is -0.423 e. The zero-order valence-electron chi connectivity index (χ0n) is 21.2. The fourth-order valence-corrected chi connectivity index (χ4v) is 6.36. The Balaban J connectivity index is 1.26. The van der Waals surface area contributed by atoms with Gasteiger partial charge in [-0.05, 0) is 74.0 Å². The van der Waals surface area contributed by atoms with E-state index < -0.39 is 35.6 Å². The summed E-state index contributed by atoms with van der Waals surface area (Å²) < 4.78 is 96.1. The van der Waals surface area contributed by atoms with Crippen LogP contribution in [-0.4, -0.2) is 25.6 Å². The summed E-state index contributed by atoms with van der Waals surface area (Å²) in [6, 6.07) is 1.89. The summed E-state index contributed by atoms with van der Waals surface area (Å²) in [6.45, 7) is 3.66. The second-order valence-electron chi connectivity index (χ2n) is 10.9. The van der Waals surface area contributed by atoms with Crippen LogP contribution in [0.15, 0.2) is 24.3 Å². The van der Waals surface area contributed by atoms with Gasteiger partial charge in [0, 0.05) is 11.8 Å². The zero-order chi connectivity index (χ0) is 26.6. The Morgan fingerprint density at radius 3 is 2.00 bits per heavy atom. The van der Waals surface area contributed by atoms with E-state index in [-0.39, 0.29) is 18.1 Å². The van der Waals surface area contributed by atoms with Crippen LogP contribution in [0.4, 0.5) is 26.3 Å². The quantitative estimate of drug-likeness (QED) is 0.313. The lowest BCUT2D eigenvalue weighted by atomic mass is 9.74. The van der Waals surface area contributed by atoms with Crippen molar-refractivity contribution in [3.63, 3.8) is 0 Å². The molecule has 4 rings (SSSR count). The Morgan fingerprint density at radius 2 is 1.46 bits per heavy atom. The first-order valence-corrected chi connectivity index (χ1v) is 13.5. The van der Waals surface area contributed by atoms with Gasteiger partial charge in [-0.15, -0.1) is 0 Å². The van der Waals surface area contributed by atoms with Crippen LogP contribution in [0, 0.1) is 35.3 Å². The van der Waals surface area contributed by atoms with Gasteiger partial charge in [0.15, 0.2) is 23.7 Å². The first-order valence-electron chi connectivity index (χ1n) is 13.5. The van der Waals surface area contributed by atoms with Crippen LogP contribution in [0.5, 0.6) is 5.75 Å². The molecule has 9 heteroatoms. The summed E-state index contributed by atoms with van der Waals surface area (Å²) in [4.78, 5) is 0. The zero-order valence-corrected chi connectivity index (χ0v) is 21.2. The molecular weight excluding hydrogens is 498 g/mol. The highest BCUT2D eigenvalue weighted by Gasteiger charge is 2.37. The summed E-state index contributed by atoms with van der Waals surface area (Å²) in [7, 11) is 0. The molecule has 2 saturated carbocycles. The maximum absolute atomic E-state index is 14.4. The number of hydrogen-bond donors (Lipinski definition) is 0. The van der Waals surface area contributed by atoms with Gasteiger partial charge in [-0.1, -0.05) is 32.6 Å². The predicted molar refractivity (Wildman–Crippen MR) is 126 cm³/mol. The third-order valence-electron chi connectivity index (χ3n) is 8.37. The number of alkyl halides is 2. The molecule has 1 aromatic rings. The summed E-state index contributed by atoms with van der Waals surface area (Å²) in [5.74, 6) is -2.08. The van der Waals surface area contributed by atoms with Crippen molar-refractivity contribution in [3.05, 3.63) is 41.5 Å². The third-order valence-corrected chi connectivity index (χ3v) is 8.37. The van der Waals surface area contributed by atoms with E-state index >= 15 is 0 Å². The lowest BCUT2D eigenvalue weighted by molar-refractivity contribution is -0.236. The van der Waals surface area contributed by atoms with Gasteiger partial charge >= 0.3 is 6.11 Å². The van der Waals surface area contributed by atoms with Crippen LogP contribution in [0.25, 0.3) is 0 Å². The lowest BCUT2D eigenvalue weighted by Gasteiger charge is -2.41. The second kappa shape index (κ2) is 12.4. The van der Waals surface area contributed by atoms with E-state index in [2.05, 4.69) is 11.7 Å². The standard InChI is InChI=1S/C28H36F6O3/c1-2-3-17-4-6-19(7-5-17)22-15-35-27(36-16-22)20-10-8-18(9-11-20)21-12-23(29)26(24(30)13-21)37-28(33,34)14-25(31)32/h12-14,17-20,22,27H,2-11,15-16H2,1H3. The SMILES string of the molecule is CCCC1CCC(C2COC(C3CCC(c4cc(F)c(OC(F)(F)C=C(F)F)c(F)c4)CC3)OC2)CC1. The molecule has 37 heavy (non-hydrogen) atoms. The predicted octanol–water partition coefficient (Wildman–Crippen LogP) is 8.59. The van der Waals surface area contributed by atoms with Gasteiger partial charge in [-0.25, -0.2) is 8.78 Å². The molecule has 0 amide bonds. The molecule has 1 aromatic carbocycles. The van der Waals surface area contributed by atoms with E-state index in [4.69, 9.17) is 9.47 Å². The highest BCUT2D eigenvalue weighted by Crippen LogP contribution is 2.42. The number of benzene rings is 1. The smallest absolute Gasteiger partial charge is 0.423 e. The summed E-state index contributed by atoms with van der Waals surface area (Å²) in [5, 5.41) is 0. The average Bonchev–Trinajstić information content (AvgIpc) is 2.86. The van der Waals surface area contributed by atoms with Crippen LogP contribution in [-0.2, 0) is 9.47 Å². The van der Waals surface area contributed by atoms with Gasteiger partial charge < -0.3 is 14.2 Å². The van der Waals surface area contributed by atoms with Crippen LogP contribution < -0.4 is 4.74 Å². The highest BCUT2D eigenvalue weighted by atomic mass is 19.3. The molecule has 3 nitrogen and oxygen atoms in total. The molecule has 208 valence electrons. The average molecular weight is 535 g/mol. The molecule has 3 fully saturated rings. The van der Waals surface area contributed by atoms with Crippen molar-refractivity contribution in [2.45, 2.75) is 89.4 Å². The summed E-state index contributed by atoms with van der Waals surface area (Å²) >= 11 is 0. The van der Waals surface area contributed by atoms with E-state index in [1.165, 1.54) is 38.5 Å². The van der Waals surface area contributed by atoms with Gasteiger partial charge in [0.05, 0.1) is 19.3 Å². The number of ether oxygens (including phenoxy) is 3. The topological polar surface area (TPSA) is 27.7 Å². The monoisotopic (exact) mass is 534 g/mol. The molecule has 0 N–H and O–H groups in total. The molecule has 2 aliphatic carbocycles. The maximum atomic E-state index is 14.4. The second-order valence-corrected chi connectivity index (χ2v) is 10.9. The van der Waals surface area contributed by atoms with Gasteiger partial charge in [0.25, 0.3) is 6.08 Å². The number of halogens is 6. The lowest BCUT2D eigenvalue weighted by Crippen LogP contribution is -2.41. The molecular formula is C28H36F6O3. The number of hydrogen-bond acceptors (Lipinski definition) is 3. The van der Waals surface area contributed by atoms with Gasteiger partial charge in [-0.2, -0.15) is 17.6 Å². The Bertz CT molecular complexity index is 887. The first-order chi connectivity index (χ1) is 17.6. The van der Waals surface area contributed by atoms with Crippen LogP contribution in [0.3, 0.4) is 0 Å². The van der Waals surface area contributed by atoms with Crippen molar-refractivity contribution in [2.24, 2.45) is 23.7 Å². The van der Waals surface area contributed by atoms with Crippen molar-refractivity contribution in [1.82, 2.24) is 0 Å². The van der Waals surface area contributed by atoms with Crippen molar-refractivity contribution in [2.75, 3.05) is 13.2 Å². The molecule has 3 aliphatic rings. The Morgan fingerprint density at radius 1 is 0.892 bits per heavy atom. The highest BCUT2D eigenvalue weighted by molar-refractivity contribution is 5.34. The molecule has 0 bridgehead atoms. The van der Waals surface area contributed by atoms with Crippen LogP contribution >= 0.6 is 0 Å². The van der Waals surface area contributed by atoms with Crippen molar-refractivity contribution in [1.29, 1.82) is 0 Å². The number of rotatable bonds is 8. The van der Waals surface area contributed by atoms with E-state index in [0.29, 0.717) is 43.5 Å². The molecule has 1 aliphatic heterocycles. The Hall–Kier alpha value is -1.74. The molecule has 0 unspecified atom stereocenters. The third kappa shape index (κ3) is 7.43. The fraction of sp³-hybridized carbons (Fsp3) is 0.714. The van der Waals surface area contributed by atoms with Gasteiger partial charge in [-0.3, -0.25) is 0 Å². The largest absolute Gasteiger partial charge is 0.425 e. The summed E-state index contributed by atoms with van der Waals surface area (Å²) in [5.41, 5.74) is 0.334. The Labute approximate surface area is 214 Å². The van der Waals surface area contributed by atoms with E-state index in [1.54, 1.807) is 0 Å². The minimum absolute atomic E-state index is 0.160. The molecule has 0 aromatic heterocycles. The van der Waals surface area contributed by atoms with E-state index in [9.17, 15) is 26.3 Å². The van der Waals surface area contributed by atoms with E-state index in [1.807, 2.05) is 0 Å². The normalized spacial score (nSPS) is 31.1. The maximum Gasteiger partial charge on any atom is 0.425 e. The van der Waals surface area contributed by atoms with Gasteiger partial charge in [0.2, 0.25) is 0 Å². The molecule has 0 radical (unpaired) electrons. The van der Waals surface area contributed by atoms with Crippen molar-refractivity contribution >= 4 is 0 Å². The van der Waals surface area contributed by atoms with Gasteiger partial charge in [0.1, 0.15) is 0 Å². The van der Waals surface area contributed by atoms with Crippen molar-refractivity contribution in [3.8, 4) is 5.75 Å². The molecule has 0 spiro atoms. The summed E-state index contributed by atoms with van der Waals surface area (Å²) in [6.07, 6.45) is 2.13. The first kappa shape index (κ1) is 28.3. The van der Waals surface area contributed by atoms with E-state index in [0.717, 1.165) is 30.9 Å². The minimum atomic E-state index is -4.53. The van der Waals surface area contributed by atoms with Crippen LogP contribution in [0.2, 0.25) is 0 Å². The fourth-order valence-electron chi connectivity index (χ4n) is 6.36. The molecule has 0 atom stereocenters. The Kier molecular flexibility index (Phi) is 9.48. The molecule has 1 saturated heterocycles.